The molecule has 2 unspecified atom stereocenters. The van der Waals surface area contributed by atoms with Gasteiger partial charge in [0.1, 0.15) is 0 Å². The summed E-state index contributed by atoms with van der Waals surface area (Å²) in [6.45, 7) is -0.0672. The van der Waals surface area contributed by atoms with Crippen LogP contribution < -0.4 is 5.32 Å². The van der Waals surface area contributed by atoms with E-state index in [0.717, 1.165) is 0 Å². The molecule has 2 fully saturated rings. The van der Waals surface area contributed by atoms with E-state index in [1.807, 2.05) is 0 Å². The Balaban J connectivity index is 1.95. The van der Waals surface area contributed by atoms with E-state index in [0.29, 0.717) is 25.7 Å². The molecule has 0 saturated heterocycles. The lowest BCUT2D eigenvalue weighted by molar-refractivity contribution is -0.198. The molecule has 0 spiro atoms. The first kappa shape index (κ1) is 15.1. The first-order chi connectivity index (χ1) is 9.26. The summed E-state index contributed by atoms with van der Waals surface area (Å²) in [5.74, 6) is -4.32. The Morgan fingerprint density at radius 1 is 1.20 bits per heavy atom. The maximum atomic E-state index is 12.9. The van der Waals surface area contributed by atoms with Crippen LogP contribution in [0.15, 0.2) is 0 Å². The molecule has 2 aliphatic carbocycles. The van der Waals surface area contributed by atoms with E-state index >= 15 is 0 Å². The third kappa shape index (κ3) is 3.07. The zero-order chi connectivity index (χ0) is 15.0. The maximum absolute atomic E-state index is 12.9. The van der Waals surface area contributed by atoms with Gasteiger partial charge < -0.3 is 10.4 Å². The second-order valence-electron chi connectivity index (χ2n) is 5.84. The van der Waals surface area contributed by atoms with Gasteiger partial charge in [-0.1, -0.05) is 12.8 Å². The van der Waals surface area contributed by atoms with Gasteiger partial charge in [-0.25, -0.2) is 0 Å². The highest BCUT2D eigenvalue weighted by molar-refractivity contribution is 5.82. The third-order valence-corrected chi connectivity index (χ3v) is 4.43. The molecule has 0 aromatic heterocycles. The molecule has 2 rings (SSSR count). The molecule has 2 aliphatic rings. The molecule has 0 aromatic rings. The van der Waals surface area contributed by atoms with E-state index in [-0.39, 0.29) is 19.4 Å². The lowest BCUT2D eigenvalue weighted by Crippen LogP contribution is -2.44. The smallest absolute Gasteiger partial charge is 0.392 e. The average Bonchev–Trinajstić information content (AvgIpc) is 3.16. The Morgan fingerprint density at radius 3 is 2.30 bits per heavy atom. The van der Waals surface area contributed by atoms with Crippen molar-refractivity contribution in [3.63, 3.8) is 0 Å². The van der Waals surface area contributed by atoms with Crippen molar-refractivity contribution in [2.24, 2.45) is 17.3 Å². The number of rotatable bonds is 4. The van der Waals surface area contributed by atoms with Gasteiger partial charge in [0.25, 0.3) is 0 Å². The fourth-order valence-corrected chi connectivity index (χ4v) is 2.84. The number of carboxylic acids is 1. The first-order valence-corrected chi connectivity index (χ1v) is 6.84. The SMILES string of the molecule is O=C(NCC1(C(=O)O)CC1)C1CCCCC1C(F)(F)F. The number of hydrogen-bond acceptors (Lipinski definition) is 2. The molecule has 0 bridgehead atoms. The highest BCUT2D eigenvalue weighted by Crippen LogP contribution is 2.46. The van der Waals surface area contributed by atoms with Crippen LogP contribution in [0.25, 0.3) is 0 Å². The average molecular weight is 293 g/mol. The molecular formula is C13H18F3NO3. The van der Waals surface area contributed by atoms with Gasteiger partial charge >= 0.3 is 12.1 Å². The zero-order valence-corrected chi connectivity index (χ0v) is 11.0. The monoisotopic (exact) mass is 293 g/mol. The summed E-state index contributed by atoms with van der Waals surface area (Å²) >= 11 is 0. The molecule has 20 heavy (non-hydrogen) atoms. The van der Waals surface area contributed by atoms with Gasteiger partial charge in [0.15, 0.2) is 0 Å². The molecule has 2 N–H and O–H groups in total. The van der Waals surface area contributed by atoms with Crippen molar-refractivity contribution in [1.82, 2.24) is 5.32 Å². The highest BCUT2D eigenvalue weighted by Gasteiger charge is 2.52. The van der Waals surface area contributed by atoms with Gasteiger partial charge in [-0.2, -0.15) is 13.2 Å². The van der Waals surface area contributed by atoms with Gasteiger partial charge in [0.05, 0.1) is 11.3 Å². The minimum atomic E-state index is -4.37. The molecule has 114 valence electrons. The summed E-state index contributed by atoms with van der Waals surface area (Å²) in [5, 5.41) is 11.4. The molecule has 0 heterocycles. The number of carbonyl (C=O) groups excluding carboxylic acids is 1. The van der Waals surface area contributed by atoms with Crippen molar-refractivity contribution in [1.29, 1.82) is 0 Å². The largest absolute Gasteiger partial charge is 0.481 e. The van der Waals surface area contributed by atoms with Crippen LogP contribution in [0.4, 0.5) is 13.2 Å². The van der Waals surface area contributed by atoms with Gasteiger partial charge in [-0.15, -0.1) is 0 Å². The van der Waals surface area contributed by atoms with Crippen LogP contribution in [-0.2, 0) is 9.59 Å². The molecule has 0 radical (unpaired) electrons. The molecule has 2 atom stereocenters. The lowest BCUT2D eigenvalue weighted by Gasteiger charge is -2.32. The standard InChI is InChI=1S/C13H18F3NO3/c14-13(15,16)9-4-2-1-3-8(9)10(18)17-7-12(5-6-12)11(19)20/h8-9H,1-7H2,(H,17,18)(H,19,20). The van der Waals surface area contributed by atoms with Crippen molar-refractivity contribution in [2.45, 2.75) is 44.7 Å². The topological polar surface area (TPSA) is 66.4 Å². The minimum absolute atomic E-state index is 0.0222. The Labute approximate surface area is 114 Å². The zero-order valence-electron chi connectivity index (χ0n) is 11.0. The van der Waals surface area contributed by atoms with Crippen LogP contribution in [0.2, 0.25) is 0 Å². The quantitative estimate of drug-likeness (QED) is 0.836. The summed E-state index contributed by atoms with van der Waals surface area (Å²) in [5.41, 5.74) is -0.946. The van der Waals surface area contributed by atoms with E-state index < -0.39 is 35.3 Å². The Bertz CT molecular complexity index is 404. The Kier molecular flexibility index (Phi) is 3.97. The van der Waals surface area contributed by atoms with Gasteiger partial charge in [-0.3, -0.25) is 9.59 Å². The number of carboxylic acid groups (broad SMARTS) is 1. The third-order valence-electron chi connectivity index (χ3n) is 4.43. The summed E-state index contributed by atoms with van der Waals surface area (Å²) in [6.07, 6.45) is -2.15. The van der Waals surface area contributed by atoms with Gasteiger partial charge in [-0.05, 0) is 25.7 Å². The van der Waals surface area contributed by atoms with Gasteiger partial charge in [0.2, 0.25) is 5.91 Å². The predicted octanol–water partition coefficient (Wildman–Crippen LogP) is 2.34. The van der Waals surface area contributed by atoms with Crippen LogP contribution in [-0.4, -0.2) is 29.7 Å². The van der Waals surface area contributed by atoms with Crippen molar-refractivity contribution in [2.75, 3.05) is 6.54 Å². The second-order valence-corrected chi connectivity index (χ2v) is 5.84. The Morgan fingerprint density at radius 2 is 1.80 bits per heavy atom. The molecule has 0 aromatic carbocycles. The van der Waals surface area contributed by atoms with E-state index in [4.69, 9.17) is 5.11 Å². The number of carbonyl (C=O) groups is 2. The van der Waals surface area contributed by atoms with Crippen LogP contribution in [0.5, 0.6) is 0 Å². The first-order valence-electron chi connectivity index (χ1n) is 6.84. The van der Waals surface area contributed by atoms with Crippen molar-refractivity contribution < 1.29 is 27.9 Å². The van der Waals surface area contributed by atoms with E-state index in [1.54, 1.807) is 0 Å². The summed E-state index contributed by atoms with van der Waals surface area (Å²) in [6, 6.07) is 0. The number of amides is 1. The van der Waals surface area contributed by atoms with Crippen molar-refractivity contribution >= 4 is 11.9 Å². The minimum Gasteiger partial charge on any atom is -0.481 e. The van der Waals surface area contributed by atoms with Crippen LogP contribution in [0.3, 0.4) is 0 Å². The van der Waals surface area contributed by atoms with Gasteiger partial charge in [0, 0.05) is 12.5 Å². The molecule has 2 saturated carbocycles. The fourth-order valence-electron chi connectivity index (χ4n) is 2.84. The summed E-state index contributed by atoms with van der Waals surface area (Å²) < 4.78 is 38.7. The molecule has 4 nitrogen and oxygen atoms in total. The van der Waals surface area contributed by atoms with E-state index in [2.05, 4.69) is 5.32 Å². The summed E-state index contributed by atoms with van der Waals surface area (Å²) in [7, 11) is 0. The highest BCUT2D eigenvalue weighted by atomic mass is 19.4. The number of hydrogen-bond donors (Lipinski definition) is 2. The summed E-state index contributed by atoms with van der Waals surface area (Å²) in [4.78, 5) is 22.9. The van der Waals surface area contributed by atoms with Crippen LogP contribution in [0.1, 0.15) is 38.5 Å². The molecule has 7 heteroatoms. The maximum Gasteiger partial charge on any atom is 0.392 e. The molecule has 0 aliphatic heterocycles. The number of nitrogens with one attached hydrogen (secondary N) is 1. The second kappa shape index (κ2) is 5.26. The number of aliphatic carboxylic acids is 1. The Hall–Kier alpha value is -1.27. The van der Waals surface area contributed by atoms with Crippen LogP contribution in [0, 0.1) is 17.3 Å². The lowest BCUT2D eigenvalue weighted by atomic mass is 9.78. The van der Waals surface area contributed by atoms with E-state index in [9.17, 15) is 22.8 Å². The predicted molar refractivity (Wildman–Crippen MR) is 63.8 cm³/mol. The molecular weight excluding hydrogens is 275 g/mol. The van der Waals surface area contributed by atoms with Crippen molar-refractivity contribution in [3.8, 4) is 0 Å². The van der Waals surface area contributed by atoms with Crippen molar-refractivity contribution in [3.05, 3.63) is 0 Å². The van der Waals surface area contributed by atoms with Crippen LogP contribution >= 0.6 is 0 Å². The molecule has 1 amide bonds. The van der Waals surface area contributed by atoms with E-state index in [1.165, 1.54) is 0 Å². The normalized spacial score (nSPS) is 28.8. The fraction of sp³-hybridized carbons (Fsp3) is 0.846. The number of alkyl halides is 3. The number of halogens is 3.